The van der Waals surface area contributed by atoms with Gasteiger partial charge in [-0.15, -0.1) is 0 Å². The van der Waals surface area contributed by atoms with Gasteiger partial charge < -0.3 is 11.1 Å². The van der Waals surface area contributed by atoms with Crippen LogP contribution >= 0.6 is 0 Å². The third-order valence-corrected chi connectivity index (χ3v) is 2.78. The summed E-state index contributed by atoms with van der Waals surface area (Å²) in [7, 11) is 0. The second-order valence-corrected chi connectivity index (χ2v) is 4.43. The summed E-state index contributed by atoms with van der Waals surface area (Å²) in [6.45, 7) is 2.43. The topological polar surface area (TPSA) is 55.1 Å². The van der Waals surface area contributed by atoms with Crippen LogP contribution in [0, 0.1) is 13.8 Å². The number of hydrogen-bond donors (Lipinski definition) is 2. The molecule has 0 saturated heterocycles. The Kier molecular flexibility index (Phi) is 4.78. The Hall–Kier alpha value is -1.49. The molecule has 0 atom stereocenters. The molecule has 0 saturated carbocycles. The predicted octanol–water partition coefficient (Wildman–Crippen LogP) is 1.56. The third kappa shape index (κ3) is 4.41. The maximum atomic E-state index is 12.8. The van der Waals surface area contributed by atoms with E-state index in [4.69, 9.17) is 5.73 Å². The van der Waals surface area contributed by atoms with Crippen molar-refractivity contribution in [3.63, 3.8) is 0 Å². The highest BCUT2D eigenvalue weighted by Crippen LogP contribution is 2.11. The van der Waals surface area contributed by atoms with Gasteiger partial charge in [-0.1, -0.05) is 18.2 Å². The van der Waals surface area contributed by atoms with Crippen molar-refractivity contribution in [2.45, 2.75) is 26.2 Å². The van der Waals surface area contributed by atoms with Crippen molar-refractivity contribution in [1.29, 1.82) is 0 Å². The van der Waals surface area contributed by atoms with E-state index < -0.39 is 24.9 Å². The van der Waals surface area contributed by atoms with E-state index in [0.29, 0.717) is 0 Å². The summed E-state index contributed by atoms with van der Waals surface area (Å²) >= 11 is 0. The number of halogens is 2. The predicted molar refractivity (Wildman–Crippen MR) is 66.6 cm³/mol. The molecule has 5 heteroatoms. The fourth-order valence-electron chi connectivity index (χ4n) is 1.46. The zero-order chi connectivity index (χ0) is 13.8. The molecule has 0 bridgehead atoms. The van der Waals surface area contributed by atoms with E-state index in [1.807, 2.05) is 32.0 Å². The summed E-state index contributed by atoms with van der Waals surface area (Å²) in [5, 5.41) is 2.19. The van der Waals surface area contributed by atoms with Crippen LogP contribution in [-0.4, -0.2) is 24.9 Å². The molecular weight excluding hydrogens is 238 g/mol. The number of aryl methyl sites for hydroxylation is 2. The lowest BCUT2D eigenvalue weighted by Gasteiger charge is -2.14. The van der Waals surface area contributed by atoms with Crippen LogP contribution in [0.25, 0.3) is 0 Å². The second kappa shape index (κ2) is 5.91. The van der Waals surface area contributed by atoms with Gasteiger partial charge in [0.1, 0.15) is 0 Å². The Morgan fingerprint density at radius 2 is 2.00 bits per heavy atom. The van der Waals surface area contributed by atoms with Gasteiger partial charge in [0.25, 0.3) is 5.92 Å². The molecule has 0 unspecified atom stereocenters. The standard InChI is InChI=1S/C13H18F2N2O/c1-9-3-4-11(5-10(9)2)6-12(18)17-8-13(14,15)7-16/h3-5H,6-8,16H2,1-2H3,(H,17,18). The number of hydrogen-bond acceptors (Lipinski definition) is 2. The lowest BCUT2D eigenvalue weighted by Crippen LogP contribution is -2.42. The number of alkyl halides is 2. The molecule has 0 spiro atoms. The molecule has 0 fully saturated rings. The smallest absolute Gasteiger partial charge is 0.277 e. The molecular formula is C13H18F2N2O. The highest BCUT2D eigenvalue weighted by molar-refractivity contribution is 5.78. The van der Waals surface area contributed by atoms with Gasteiger partial charge in [0.15, 0.2) is 0 Å². The zero-order valence-corrected chi connectivity index (χ0v) is 10.6. The summed E-state index contributed by atoms with van der Waals surface area (Å²) in [6.07, 6.45) is 0.0990. The Morgan fingerprint density at radius 1 is 1.33 bits per heavy atom. The number of benzene rings is 1. The fraction of sp³-hybridized carbons (Fsp3) is 0.462. The number of amides is 1. The molecule has 1 aromatic rings. The third-order valence-electron chi connectivity index (χ3n) is 2.78. The minimum absolute atomic E-state index is 0.0990. The van der Waals surface area contributed by atoms with Gasteiger partial charge in [-0.2, -0.15) is 0 Å². The van der Waals surface area contributed by atoms with Crippen molar-refractivity contribution >= 4 is 5.91 Å². The number of nitrogens with two attached hydrogens (primary N) is 1. The SMILES string of the molecule is Cc1ccc(CC(=O)NCC(F)(F)CN)cc1C. The summed E-state index contributed by atoms with van der Waals surface area (Å²) in [4.78, 5) is 11.5. The summed E-state index contributed by atoms with van der Waals surface area (Å²) < 4.78 is 25.7. The molecule has 3 nitrogen and oxygen atoms in total. The highest BCUT2D eigenvalue weighted by atomic mass is 19.3. The average molecular weight is 256 g/mol. The van der Waals surface area contributed by atoms with Crippen LogP contribution in [-0.2, 0) is 11.2 Å². The first kappa shape index (κ1) is 14.6. The number of carbonyl (C=O) groups is 1. The molecule has 3 N–H and O–H groups in total. The molecule has 0 radical (unpaired) electrons. The van der Waals surface area contributed by atoms with Gasteiger partial charge >= 0.3 is 0 Å². The summed E-state index contributed by atoms with van der Waals surface area (Å²) in [6, 6.07) is 5.62. The van der Waals surface area contributed by atoms with Crippen molar-refractivity contribution in [1.82, 2.24) is 5.32 Å². The largest absolute Gasteiger partial charge is 0.350 e. The van der Waals surface area contributed by atoms with Crippen molar-refractivity contribution in [2.24, 2.45) is 5.73 Å². The van der Waals surface area contributed by atoms with Crippen LogP contribution in [0.1, 0.15) is 16.7 Å². The molecule has 0 aliphatic rings. The Morgan fingerprint density at radius 3 is 2.56 bits per heavy atom. The Labute approximate surface area is 105 Å². The number of nitrogens with one attached hydrogen (secondary N) is 1. The van der Waals surface area contributed by atoms with E-state index in [2.05, 4.69) is 5.32 Å². The van der Waals surface area contributed by atoms with E-state index in [0.717, 1.165) is 16.7 Å². The minimum atomic E-state index is -3.04. The Bertz CT molecular complexity index is 433. The summed E-state index contributed by atoms with van der Waals surface area (Å²) in [5.74, 6) is -3.47. The van der Waals surface area contributed by atoms with Crippen LogP contribution in [0.15, 0.2) is 18.2 Å². The fourth-order valence-corrected chi connectivity index (χ4v) is 1.46. The molecule has 0 heterocycles. The van der Waals surface area contributed by atoms with Crippen molar-refractivity contribution in [3.05, 3.63) is 34.9 Å². The maximum absolute atomic E-state index is 12.8. The first-order valence-corrected chi connectivity index (χ1v) is 5.75. The lowest BCUT2D eigenvalue weighted by atomic mass is 10.0. The van der Waals surface area contributed by atoms with Crippen molar-refractivity contribution < 1.29 is 13.6 Å². The number of rotatable bonds is 5. The molecule has 18 heavy (non-hydrogen) atoms. The van der Waals surface area contributed by atoms with Gasteiger partial charge in [-0.3, -0.25) is 4.79 Å². The van der Waals surface area contributed by atoms with E-state index in [9.17, 15) is 13.6 Å². The quantitative estimate of drug-likeness (QED) is 0.840. The van der Waals surface area contributed by atoms with E-state index in [-0.39, 0.29) is 6.42 Å². The van der Waals surface area contributed by atoms with Crippen LogP contribution in [0.5, 0.6) is 0 Å². The molecule has 0 aromatic heterocycles. The second-order valence-electron chi connectivity index (χ2n) is 4.43. The van der Waals surface area contributed by atoms with Gasteiger partial charge in [0.2, 0.25) is 5.91 Å². The molecule has 1 aromatic carbocycles. The molecule has 0 aliphatic heterocycles. The van der Waals surface area contributed by atoms with Gasteiger partial charge in [-0.05, 0) is 30.5 Å². The van der Waals surface area contributed by atoms with Gasteiger partial charge in [0.05, 0.1) is 19.5 Å². The zero-order valence-electron chi connectivity index (χ0n) is 10.6. The maximum Gasteiger partial charge on any atom is 0.277 e. The highest BCUT2D eigenvalue weighted by Gasteiger charge is 2.27. The molecule has 100 valence electrons. The normalized spacial score (nSPS) is 11.4. The van der Waals surface area contributed by atoms with Crippen molar-refractivity contribution in [3.8, 4) is 0 Å². The minimum Gasteiger partial charge on any atom is -0.350 e. The molecule has 0 aliphatic carbocycles. The first-order chi connectivity index (χ1) is 8.34. The van der Waals surface area contributed by atoms with Crippen LogP contribution in [0.2, 0.25) is 0 Å². The van der Waals surface area contributed by atoms with E-state index in [1.165, 1.54) is 0 Å². The lowest BCUT2D eigenvalue weighted by molar-refractivity contribution is -0.122. The van der Waals surface area contributed by atoms with Crippen molar-refractivity contribution in [2.75, 3.05) is 13.1 Å². The molecule has 1 rings (SSSR count). The van der Waals surface area contributed by atoms with Crippen LogP contribution < -0.4 is 11.1 Å². The van der Waals surface area contributed by atoms with E-state index in [1.54, 1.807) is 0 Å². The van der Waals surface area contributed by atoms with Crippen LogP contribution in [0.3, 0.4) is 0 Å². The average Bonchev–Trinajstić information content (AvgIpc) is 2.32. The van der Waals surface area contributed by atoms with Gasteiger partial charge in [0, 0.05) is 0 Å². The van der Waals surface area contributed by atoms with E-state index >= 15 is 0 Å². The Balaban J connectivity index is 2.52. The monoisotopic (exact) mass is 256 g/mol. The number of carbonyl (C=O) groups excluding carboxylic acids is 1. The first-order valence-electron chi connectivity index (χ1n) is 5.75. The summed E-state index contributed by atoms with van der Waals surface area (Å²) in [5.41, 5.74) is 7.90. The van der Waals surface area contributed by atoms with Gasteiger partial charge in [-0.25, -0.2) is 8.78 Å². The molecule has 1 amide bonds. The van der Waals surface area contributed by atoms with Crippen LogP contribution in [0.4, 0.5) is 8.78 Å².